The van der Waals surface area contributed by atoms with E-state index in [9.17, 15) is 0 Å². The van der Waals surface area contributed by atoms with Crippen LogP contribution in [0.3, 0.4) is 0 Å². The van der Waals surface area contributed by atoms with E-state index in [-0.39, 0.29) is 0 Å². The molecule has 0 unspecified atom stereocenters. The molecule has 1 aromatic heterocycles. The molecule has 0 N–H and O–H groups in total. The molecule has 0 saturated heterocycles. The zero-order chi connectivity index (χ0) is 27.6. The molecular formula is C40H25NO. The van der Waals surface area contributed by atoms with Crippen molar-refractivity contribution in [2.75, 3.05) is 4.90 Å². The molecule has 0 fully saturated rings. The predicted octanol–water partition coefficient (Wildman–Crippen LogP) is 11.7. The Morgan fingerprint density at radius 2 is 1.02 bits per heavy atom. The van der Waals surface area contributed by atoms with Gasteiger partial charge in [-0.1, -0.05) is 103 Å². The van der Waals surface area contributed by atoms with Gasteiger partial charge >= 0.3 is 0 Å². The van der Waals surface area contributed by atoms with Crippen LogP contribution in [-0.4, -0.2) is 0 Å². The molecule has 0 atom stereocenters. The zero-order valence-electron chi connectivity index (χ0n) is 22.8. The summed E-state index contributed by atoms with van der Waals surface area (Å²) in [6, 6.07) is 54.5. The summed E-state index contributed by atoms with van der Waals surface area (Å²) < 4.78 is 6.21. The molecule has 0 bridgehead atoms. The van der Waals surface area contributed by atoms with E-state index in [1.54, 1.807) is 0 Å². The molecule has 42 heavy (non-hydrogen) atoms. The number of rotatable bonds is 3. The predicted molar refractivity (Wildman–Crippen MR) is 178 cm³/mol. The topological polar surface area (TPSA) is 16.4 Å². The fourth-order valence-corrected chi connectivity index (χ4v) is 6.62. The monoisotopic (exact) mass is 535 g/mol. The lowest BCUT2D eigenvalue weighted by Crippen LogP contribution is -2.10. The van der Waals surface area contributed by atoms with Crippen LogP contribution in [0.15, 0.2) is 156 Å². The fraction of sp³-hybridized carbons (Fsp3) is 0. The summed E-state index contributed by atoms with van der Waals surface area (Å²) in [5.41, 5.74) is 5.26. The standard InChI is InChI=1S/C40H25NO/c1-2-10-29(11-3-1)41(38-15-8-14-32-31-12-5-4-9-26(31)20-22-33(32)38)30-21-19-27-17-18-28-23-40-37(25-36(28)35(27)24-30)34-13-6-7-16-39(34)42-40/h1-25H. The van der Waals surface area contributed by atoms with Crippen molar-refractivity contribution in [2.24, 2.45) is 0 Å². The number of furan rings is 1. The smallest absolute Gasteiger partial charge is 0.136 e. The number of para-hydroxylation sites is 2. The molecule has 0 amide bonds. The van der Waals surface area contributed by atoms with E-state index < -0.39 is 0 Å². The van der Waals surface area contributed by atoms with E-state index in [1.165, 1.54) is 43.1 Å². The number of benzene rings is 8. The molecule has 1 heterocycles. The Labute approximate surface area is 242 Å². The number of hydrogen-bond donors (Lipinski definition) is 0. The highest BCUT2D eigenvalue weighted by atomic mass is 16.3. The Hall–Kier alpha value is -5.60. The maximum absolute atomic E-state index is 6.21. The summed E-state index contributed by atoms with van der Waals surface area (Å²) in [7, 11) is 0. The van der Waals surface area contributed by atoms with Crippen LogP contribution in [0.25, 0.3) is 65.0 Å². The van der Waals surface area contributed by atoms with Crippen LogP contribution in [0.5, 0.6) is 0 Å². The molecule has 0 spiro atoms. The number of fused-ring (bicyclic) bond motifs is 9. The second-order valence-corrected chi connectivity index (χ2v) is 11.0. The molecule has 0 aliphatic rings. The van der Waals surface area contributed by atoms with Gasteiger partial charge in [0, 0.05) is 27.5 Å². The van der Waals surface area contributed by atoms with Crippen molar-refractivity contribution in [3.05, 3.63) is 152 Å². The number of hydrogen-bond acceptors (Lipinski definition) is 2. The third-order valence-electron chi connectivity index (χ3n) is 8.60. The Kier molecular flexibility index (Phi) is 4.93. The Bertz CT molecular complexity index is 2470. The molecule has 0 aliphatic heterocycles. The molecule has 9 aromatic rings. The summed E-state index contributed by atoms with van der Waals surface area (Å²) >= 11 is 0. The number of nitrogens with zero attached hydrogens (tertiary/aromatic N) is 1. The van der Waals surface area contributed by atoms with Gasteiger partial charge in [-0.15, -0.1) is 0 Å². The van der Waals surface area contributed by atoms with Crippen LogP contribution in [0.1, 0.15) is 0 Å². The normalized spacial score (nSPS) is 11.8. The van der Waals surface area contributed by atoms with E-state index in [0.717, 1.165) is 39.0 Å². The van der Waals surface area contributed by atoms with Crippen LogP contribution < -0.4 is 4.90 Å². The molecule has 2 heteroatoms. The SMILES string of the molecule is c1ccc(N(c2ccc3ccc4cc5oc6ccccc6c5cc4c3c2)c2cccc3c2ccc2ccccc23)cc1. The molecule has 9 rings (SSSR count). The van der Waals surface area contributed by atoms with Gasteiger partial charge in [0.05, 0.1) is 5.69 Å². The van der Waals surface area contributed by atoms with Gasteiger partial charge in [-0.05, 0) is 86.2 Å². The van der Waals surface area contributed by atoms with Crippen molar-refractivity contribution in [3.8, 4) is 0 Å². The Morgan fingerprint density at radius 3 is 1.95 bits per heavy atom. The zero-order valence-corrected chi connectivity index (χ0v) is 22.8. The average molecular weight is 536 g/mol. The van der Waals surface area contributed by atoms with E-state index in [4.69, 9.17) is 4.42 Å². The highest BCUT2D eigenvalue weighted by Crippen LogP contribution is 2.42. The Morgan fingerprint density at radius 1 is 0.333 bits per heavy atom. The summed E-state index contributed by atoms with van der Waals surface area (Å²) in [5.74, 6) is 0. The molecule has 8 aromatic carbocycles. The van der Waals surface area contributed by atoms with Gasteiger partial charge in [-0.2, -0.15) is 0 Å². The molecule has 0 aliphatic carbocycles. The van der Waals surface area contributed by atoms with Crippen molar-refractivity contribution in [1.82, 2.24) is 0 Å². The largest absolute Gasteiger partial charge is 0.456 e. The third-order valence-corrected chi connectivity index (χ3v) is 8.60. The first kappa shape index (κ1) is 23.1. The summed E-state index contributed by atoms with van der Waals surface area (Å²) in [6.07, 6.45) is 0. The molecule has 2 nitrogen and oxygen atoms in total. The van der Waals surface area contributed by atoms with Crippen LogP contribution in [0.2, 0.25) is 0 Å². The highest BCUT2D eigenvalue weighted by Gasteiger charge is 2.17. The number of anilines is 3. The lowest BCUT2D eigenvalue weighted by atomic mass is 9.98. The van der Waals surface area contributed by atoms with Crippen molar-refractivity contribution >= 4 is 82.1 Å². The molecule has 196 valence electrons. The van der Waals surface area contributed by atoms with Crippen LogP contribution in [-0.2, 0) is 0 Å². The second-order valence-electron chi connectivity index (χ2n) is 11.0. The van der Waals surface area contributed by atoms with Gasteiger partial charge in [0.2, 0.25) is 0 Å². The van der Waals surface area contributed by atoms with Gasteiger partial charge < -0.3 is 9.32 Å². The summed E-state index contributed by atoms with van der Waals surface area (Å²) in [5, 5.41) is 12.2. The summed E-state index contributed by atoms with van der Waals surface area (Å²) in [4.78, 5) is 2.39. The van der Waals surface area contributed by atoms with Gasteiger partial charge in [-0.3, -0.25) is 0 Å². The van der Waals surface area contributed by atoms with Crippen molar-refractivity contribution in [1.29, 1.82) is 0 Å². The fourth-order valence-electron chi connectivity index (χ4n) is 6.62. The maximum Gasteiger partial charge on any atom is 0.136 e. The first-order valence-corrected chi connectivity index (χ1v) is 14.4. The summed E-state index contributed by atoms with van der Waals surface area (Å²) in [6.45, 7) is 0. The van der Waals surface area contributed by atoms with Crippen molar-refractivity contribution < 1.29 is 4.42 Å². The van der Waals surface area contributed by atoms with E-state index >= 15 is 0 Å². The first-order chi connectivity index (χ1) is 20.8. The average Bonchev–Trinajstić information content (AvgIpc) is 3.42. The minimum Gasteiger partial charge on any atom is -0.456 e. The molecule has 0 radical (unpaired) electrons. The quantitative estimate of drug-likeness (QED) is 0.209. The van der Waals surface area contributed by atoms with Gasteiger partial charge in [0.25, 0.3) is 0 Å². The van der Waals surface area contributed by atoms with E-state index in [0.29, 0.717) is 0 Å². The van der Waals surface area contributed by atoms with E-state index in [2.05, 4.69) is 144 Å². The third kappa shape index (κ3) is 3.45. The molecular weight excluding hydrogens is 510 g/mol. The highest BCUT2D eigenvalue weighted by molar-refractivity contribution is 6.17. The maximum atomic E-state index is 6.21. The van der Waals surface area contributed by atoms with Crippen LogP contribution in [0.4, 0.5) is 17.1 Å². The Balaban J connectivity index is 1.33. The van der Waals surface area contributed by atoms with Gasteiger partial charge in [0.1, 0.15) is 11.2 Å². The van der Waals surface area contributed by atoms with E-state index in [1.807, 2.05) is 12.1 Å². The van der Waals surface area contributed by atoms with Crippen LogP contribution in [0, 0.1) is 0 Å². The van der Waals surface area contributed by atoms with Gasteiger partial charge in [0.15, 0.2) is 0 Å². The minimum atomic E-state index is 0.923. The second kappa shape index (κ2) is 8.95. The molecule has 0 saturated carbocycles. The van der Waals surface area contributed by atoms with Crippen molar-refractivity contribution in [3.63, 3.8) is 0 Å². The van der Waals surface area contributed by atoms with Crippen molar-refractivity contribution in [2.45, 2.75) is 0 Å². The minimum absolute atomic E-state index is 0.923. The van der Waals surface area contributed by atoms with Crippen LogP contribution >= 0.6 is 0 Å². The lowest BCUT2D eigenvalue weighted by Gasteiger charge is -2.27. The lowest BCUT2D eigenvalue weighted by molar-refractivity contribution is 0.669. The van der Waals surface area contributed by atoms with Gasteiger partial charge in [-0.25, -0.2) is 0 Å². The first-order valence-electron chi connectivity index (χ1n) is 14.4.